The van der Waals surface area contributed by atoms with Crippen molar-refractivity contribution in [2.24, 2.45) is 10.1 Å². The molecule has 2 aliphatic rings. The van der Waals surface area contributed by atoms with Crippen LogP contribution in [0.1, 0.15) is 56.2 Å². The molecule has 0 aromatic heterocycles. The fourth-order valence-corrected chi connectivity index (χ4v) is 4.71. The minimum absolute atomic E-state index is 0.0491. The van der Waals surface area contributed by atoms with Crippen molar-refractivity contribution in [3.8, 4) is 11.5 Å². The lowest BCUT2D eigenvalue weighted by Gasteiger charge is -2.20. The van der Waals surface area contributed by atoms with E-state index in [1.165, 1.54) is 22.3 Å². The van der Waals surface area contributed by atoms with Crippen LogP contribution >= 0.6 is 11.8 Å². The average Bonchev–Trinajstić information content (AvgIpc) is 3.23. The van der Waals surface area contributed by atoms with Crippen molar-refractivity contribution in [1.82, 2.24) is 5.01 Å². The van der Waals surface area contributed by atoms with Gasteiger partial charge in [0.15, 0.2) is 5.84 Å². The summed E-state index contributed by atoms with van der Waals surface area (Å²) in [6.07, 6.45) is 3.42. The van der Waals surface area contributed by atoms with Crippen molar-refractivity contribution >= 4 is 39.8 Å². The Kier molecular flexibility index (Phi) is 7.70. The number of aliphatic imine (C=N–C) groups is 1. The van der Waals surface area contributed by atoms with Crippen LogP contribution in [-0.4, -0.2) is 40.2 Å². The third kappa shape index (κ3) is 5.82. The SMILES string of the molecule is CCCC1=NN2C(=N)/C(=C\c3ccc(OCCOc4cc(C)ccc4C(C)C)cc3)C(=O)N=C2S1. The predicted octanol–water partition coefficient (Wildman–Crippen LogP) is 6.00. The van der Waals surface area contributed by atoms with Crippen LogP contribution in [0, 0.1) is 12.3 Å². The van der Waals surface area contributed by atoms with Gasteiger partial charge in [-0.05, 0) is 78.4 Å². The molecule has 0 saturated heterocycles. The van der Waals surface area contributed by atoms with Gasteiger partial charge in [0.05, 0.1) is 5.57 Å². The number of carbonyl (C=O) groups is 1. The van der Waals surface area contributed by atoms with Crippen LogP contribution in [0.5, 0.6) is 11.5 Å². The van der Waals surface area contributed by atoms with E-state index in [9.17, 15) is 4.79 Å². The van der Waals surface area contributed by atoms with E-state index >= 15 is 0 Å². The summed E-state index contributed by atoms with van der Waals surface area (Å²) in [5.41, 5.74) is 3.36. The van der Waals surface area contributed by atoms with Crippen LogP contribution in [0.3, 0.4) is 0 Å². The van der Waals surface area contributed by atoms with Crippen molar-refractivity contribution in [2.75, 3.05) is 13.2 Å². The van der Waals surface area contributed by atoms with Gasteiger partial charge < -0.3 is 9.47 Å². The molecular weight excluding hydrogens is 460 g/mol. The molecule has 35 heavy (non-hydrogen) atoms. The van der Waals surface area contributed by atoms with E-state index in [0.717, 1.165) is 34.8 Å². The maximum absolute atomic E-state index is 12.5. The van der Waals surface area contributed by atoms with Gasteiger partial charge in [0.1, 0.15) is 29.8 Å². The molecular formula is C27H30N4O3S. The normalized spacial score (nSPS) is 16.5. The van der Waals surface area contributed by atoms with E-state index in [2.05, 4.69) is 56.0 Å². The van der Waals surface area contributed by atoms with Crippen LogP contribution in [0.4, 0.5) is 0 Å². The average molecular weight is 491 g/mol. The second-order valence-corrected chi connectivity index (χ2v) is 9.77. The number of hydrazone groups is 1. The molecule has 8 heteroatoms. The molecule has 0 aliphatic carbocycles. The lowest BCUT2D eigenvalue weighted by molar-refractivity contribution is -0.114. The Labute approximate surface area is 210 Å². The molecule has 0 radical (unpaired) electrons. The highest BCUT2D eigenvalue weighted by Crippen LogP contribution is 2.30. The number of amides is 1. The standard InChI is InChI=1S/C27H30N4O3S/c1-5-6-24-30-31-25(28)22(26(32)29-27(31)35-24)16-19-8-10-20(11-9-19)33-13-14-34-23-15-18(4)7-12-21(23)17(2)3/h7-12,15-17,28H,5-6,13-14H2,1-4H3/b22-16+,28-25?. The second-order valence-electron chi connectivity index (χ2n) is 8.73. The zero-order chi connectivity index (χ0) is 24.9. The number of nitrogens with one attached hydrogen (secondary N) is 1. The fourth-order valence-electron chi connectivity index (χ4n) is 3.73. The summed E-state index contributed by atoms with van der Waals surface area (Å²) in [4.78, 5) is 16.7. The molecule has 0 spiro atoms. The molecule has 1 amide bonds. The van der Waals surface area contributed by atoms with E-state index in [1.54, 1.807) is 6.08 Å². The highest BCUT2D eigenvalue weighted by atomic mass is 32.2. The molecule has 2 aromatic carbocycles. The topological polar surface area (TPSA) is 87.3 Å². The predicted molar refractivity (Wildman–Crippen MR) is 143 cm³/mol. The van der Waals surface area contributed by atoms with Gasteiger partial charge in [0.25, 0.3) is 5.91 Å². The van der Waals surface area contributed by atoms with Gasteiger partial charge >= 0.3 is 0 Å². The van der Waals surface area contributed by atoms with Gasteiger partial charge in [0, 0.05) is 0 Å². The molecule has 0 fully saturated rings. The molecule has 4 rings (SSSR count). The molecule has 0 bridgehead atoms. The van der Waals surface area contributed by atoms with Crippen molar-refractivity contribution in [1.29, 1.82) is 5.41 Å². The number of carbonyl (C=O) groups excluding carboxylic acids is 1. The van der Waals surface area contributed by atoms with E-state index in [-0.39, 0.29) is 11.4 Å². The largest absolute Gasteiger partial charge is 0.490 e. The first kappa shape index (κ1) is 24.7. The Bertz CT molecular complexity index is 1220. The summed E-state index contributed by atoms with van der Waals surface area (Å²) in [5.74, 6) is 1.62. The summed E-state index contributed by atoms with van der Waals surface area (Å²) in [5, 5.41) is 15.7. The lowest BCUT2D eigenvalue weighted by atomic mass is 10.0. The highest BCUT2D eigenvalue weighted by molar-refractivity contribution is 8.26. The molecule has 1 N–H and O–H groups in total. The monoisotopic (exact) mass is 490 g/mol. The van der Waals surface area contributed by atoms with Crippen molar-refractivity contribution < 1.29 is 14.3 Å². The number of hydrogen-bond acceptors (Lipinski definition) is 6. The van der Waals surface area contributed by atoms with Gasteiger partial charge in [0.2, 0.25) is 5.17 Å². The number of fused-ring (bicyclic) bond motifs is 1. The lowest BCUT2D eigenvalue weighted by Crippen LogP contribution is -2.35. The summed E-state index contributed by atoms with van der Waals surface area (Å²) < 4.78 is 11.8. The second kappa shape index (κ2) is 10.9. The van der Waals surface area contributed by atoms with Crippen LogP contribution in [0.15, 0.2) is 58.1 Å². The first-order valence-electron chi connectivity index (χ1n) is 11.8. The summed E-state index contributed by atoms with van der Waals surface area (Å²) in [6.45, 7) is 9.28. The zero-order valence-corrected chi connectivity index (χ0v) is 21.3. The number of rotatable bonds is 9. The fraction of sp³-hybridized carbons (Fsp3) is 0.333. The summed E-state index contributed by atoms with van der Waals surface area (Å²) in [6, 6.07) is 13.7. The summed E-state index contributed by atoms with van der Waals surface area (Å²) >= 11 is 1.36. The Morgan fingerprint density at radius 1 is 1.11 bits per heavy atom. The minimum atomic E-state index is -0.420. The van der Waals surface area contributed by atoms with Crippen molar-refractivity contribution in [2.45, 2.75) is 46.5 Å². The first-order chi connectivity index (χ1) is 16.9. The quantitative estimate of drug-likeness (QED) is 0.344. The van der Waals surface area contributed by atoms with E-state index in [0.29, 0.717) is 30.0 Å². The number of hydrogen-bond donors (Lipinski definition) is 1. The van der Waals surface area contributed by atoms with Crippen LogP contribution in [0.2, 0.25) is 0 Å². The number of aryl methyl sites for hydroxylation is 1. The Balaban J connectivity index is 1.35. The molecule has 0 saturated carbocycles. The van der Waals surface area contributed by atoms with Crippen LogP contribution in [0.25, 0.3) is 6.08 Å². The van der Waals surface area contributed by atoms with Crippen LogP contribution in [-0.2, 0) is 4.79 Å². The number of benzene rings is 2. The number of ether oxygens (including phenoxy) is 2. The zero-order valence-electron chi connectivity index (χ0n) is 20.5. The molecule has 2 aliphatic heterocycles. The van der Waals surface area contributed by atoms with Crippen molar-refractivity contribution in [3.63, 3.8) is 0 Å². The van der Waals surface area contributed by atoms with Gasteiger partial charge in [-0.3, -0.25) is 10.2 Å². The maximum atomic E-state index is 12.5. The summed E-state index contributed by atoms with van der Waals surface area (Å²) in [7, 11) is 0. The van der Waals surface area contributed by atoms with Gasteiger partial charge in [-0.1, -0.05) is 45.0 Å². The minimum Gasteiger partial charge on any atom is -0.490 e. The maximum Gasteiger partial charge on any atom is 0.283 e. The molecule has 2 aromatic rings. The highest BCUT2D eigenvalue weighted by Gasteiger charge is 2.35. The Hall–Kier alpha value is -3.39. The molecule has 182 valence electrons. The van der Waals surface area contributed by atoms with Crippen LogP contribution < -0.4 is 9.47 Å². The number of nitrogens with zero attached hydrogens (tertiary/aromatic N) is 3. The smallest absolute Gasteiger partial charge is 0.283 e. The molecule has 0 unspecified atom stereocenters. The van der Waals surface area contributed by atoms with Crippen molar-refractivity contribution in [3.05, 3.63) is 64.7 Å². The van der Waals surface area contributed by atoms with Gasteiger partial charge in [-0.2, -0.15) is 15.1 Å². The van der Waals surface area contributed by atoms with E-state index in [1.807, 2.05) is 24.3 Å². The molecule has 7 nitrogen and oxygen atoms in total. The van der Waals surface area contributed by atoms with E-state index < -0.39 is 5.91 Å². The van der Waals surface area contributed by atoms with Gasteiger partial charge in [-0.15, -0.1) is 0 Å². The third-order valence-electron chi connectivity index (χ3n) is 5.55. The Morgan fingerprint density at radius 2 is 1.86 bits per heavy atom. The number of thioether (sulfide) groups is 1. The van der Waals surface area contributed by atoms with E-state index in [4.69, 9.17) is 14.9 Å². The Morgan fingerprint density at radius 3 is 2.57 bits per heavy atom. The third-order valence-corrected chi connectivity index (χ3v) is 6.52. The molecule has 0 atom stereocenters. The number of amidine groups is 2. The first-order valence-corrected chi connectivity index (χ1v) is 12.6. The molecule has 2 heterocycles. The van der Waals surface area contributed by atoms with Gasteiger partial charge in [-0.25, -0.2) is 0 Å².